The van der Waals surface area contributed by atoms with E-state index < -0.39 is 0 Å². The SMILES string of the molecule is CC#CCNCCOCc1ccccc1. The summed E-state index contributed by atoms with van der Waals surface area (Å²) in [6.07, 6.45) is 0. The molecule has 0 aromatic heterocycles. The molecule has 2 nitrogen and oxygen atoms in total. The molecule has 0 saturated heterocycles. The number of ether oxygens (including phenoxy) is 1. The van der Waals surface area contributed by atoms with Gasteiger partial charge in [0, 0.05) is 6.54 Å². The van der Waals surface area contributed by atoms with Gasteiger partial charge in [-0.05, 0) is 12.5 Å². The van der Waals surface area contributed by atoms with Crippen LogP contribution in [-0.4, -0.2) is 19.7 Å². The molecular formula is C13H17NO. The molecule has 2 heteroatoms. The zero-order valence-corrected chi connectivity index (χ0v) is 9.12. The first-order valence-electron chi connectivity index (χ1n) is 5.15. The largest absolute Gasteiger partial charge is 0.375 e. The van der Waals surface area contributed by atoms with Gasteiger partial charge in [0.1, 0.15) is 0 Å². The molecule has 0 atom stereocenters. The second-order valence-corrected chi connectivity index (χ2v) is 3.14. The molecule has 0 aliphatic carbocycles. The predicted octanol–water partition coefficient (Wildman–Crippen LogP) is 1.82. The second-order valence-electron chi connectivity index (χ2n) is 3.14. The Morgan fingerprint density at radius 1 is 1.27 bits per heavy atom. The molecule has 1 rings (SSSR count). The van der Waals surface area contributed by atoms with Gasteiger partial charge in [-0.25, -0.2) is 0 Å². The maximum absolute atomic E-state index is 5.49. The summed E-state index contributed by atoms with van der Waals surface area (Å²) in [6.45, 7) is 4.84. The summed E-state index contributed by atoms with van der Waals surface area (Å²) in [4.78, 5) is 0. The van der Waals surface area contributed by atoms with Crippen molar-refractivity contribution in [3.63, 3.8) is 0 Å². The third-order valence-electron chi connectivity index (χ3n) is 1.92. The van der Waals surface area contributed by atoms with E-state index in [1.165, 1.54) is 5.56 Å². The zero-order valence-electron chi connectivity index (χ0n) is 9.12. The minimum atomic E-state index is 0.683. The maximum atomic E-state index is 5.49. The summed E-state index contributed by atoms with van der Waals surface area (Å²) in [5.74, 6) is 5.77. The van der Waals surface area contributed by atoms with Crippen LogP contribution in [0.2, 0.25) is 0 Å². The molecule has 0 radical (unpaired) electrons. The van der Waals surface area contributed by atoms with Gasteiger partial charge in [0.2, 0.25) is 0 Å². The fourth-order valence-corrected chi connectivity index (χ4v) is 1.15. The highest BCUT2D eigenvalue weighted by molar-refractivity contribution is 5.13. The van der Waals surface area contributed by atoms with Crippen LogP contribution in [0.3, 0.4) is 0 Å². The summed E-state index contributed by atoms with van der Waals surface area (Å²) >= 11 is 0. The Labute approximate surface area is 91.6 Å². The Morgan fingerprint density at radius 3 is 2.80 bits per heavy atom. The fourth-order valence-electron chi connectivity index (χ4n) is 1.15. The van der Waals surface area contributed by atoms with Gasteiger partial charge >= 0.3 is 0 Å². The van der Waals surface area contributed by atoms with Crippen LogP contribution in [0, 0.1) is 11.8 Å². The third-order valence-corrected chi connectivity index (χ3v) is 1.92. The summed E-state index contributed by atoms with van der Waals surface area (Å²) < 4.78 is 5.49. The van der Waals surface area contributed by atoms with Crippen molar-refractivity contribution >= 4 is 0 Å². The molecule has 0 aliphatic heterocycles. The molecule has 0 amide bonds. The van der Waals surface area contributed by atoms with Gasteiger partial charge in [0.25, 0.3) is 0 Å². The van der Waals surface area contributed by atoms with Gasteiger partial charge in [-0.2, -0.15) is 0 Å². The molecule has 1 N–H and O–H groups in total. The third kappa shape index (κ3) is 5.90. The Morgan fingerprint density at radius 2 is 2.07 bits per heavy atom. The average molecular weight is 203 g/mol. The van der Waals surface area contributed by atoms with Gasteiger partial charge in [0.05, 0.1) is 19.8 Å². The summed E-state index contributed by atoms with van der Waals surface area (Å²) in [5.41, 5.74) is 1.21. The van der Waals surface area contributed by atoms with E-state index in [0.717, 1.165) is 19.7 Å². The average Bonchev–Trinajstić information content (AvgIpc) is 2.29. The Bertz CT molecular complexity index is 310. The monoisotopic (exact) mass is 203 g/mol. The lowest BCUT2D eigenvalue weighted by Crippen LogP contribution is -2.19. The van der Waals surface area contributed by atoms with E-state index in [0.29, 0.717) is 6.61 Å². The van der Waals surface area contributed by atoms with E-state index >= 15 is 0 Å². The van der Waals surface area contributed by atoms with E-state index in [1.807, 2.05) is 25.1 Å². The van der Waals surface area contributed by atoms with Gasteiger partial charge in [-0.15, -0.1) is 5.92 Å². The second kappa shape index (κ2) is 8.05. The molecular weight excluding hydrogens is 186 g/mol. The van der Waals surface area contributed by atoms with Crippen LogP contribution in [-0.2, 0) is 11.3 Å². The highest BCUT2D eigenvalue weighted by atomic mass is 16.5. The highest BCUT2D eigenvalue weighted by Gasteiger charge is 1.90. The lowest BCUT2D eigenvalue weighted by atomic mass is 10.2. The molecule has 0 fully saturated rings. The van der Waals surface area contributed by atoms with Crippen molar-refractivity contribution in [1.82, 2.24) is 5.32 Å². The molecule has 0 saturated carbocycles. The lowest BCUT2D eigenvalue weighted by Gasteiger charge is -2.04. The maximum Gasteiger partial charge on any atom is 0.0717 e. The number of hydrogen-bond donors (Lipinski definition) is 1. The minimum absolute atomic E-state index is 0.683. The number of nitrogens with one attached hydrogen (secondary N) is 1. The minimum Gasteiger partial charge on any atom is -0.375 e. The van der Waals surface area contributed by atoms with Crippen molar-refractivity contribution < 1.29 is 4.74 Å². The van der Waals surface area contributed by atoms with E-state index in [1.54, 1.807) is 0 Å². The fraction of sp³-hybridized carbons (Fsp3) is 0.385. The number of benzene rings is 1. The first kappa shape index (κ1) is 11.8. The molecule has 0 unspecified atom stereocenters. The van der Waals surface area contributed by atoms with Crippen LogP contribution >= 0.6 is 0 Å². The van der Waals surface area contributed by atoms with Crippen LogP contribution < -0.4 is 5.32 Å². The first-order chi connectivity index (χ1) is 7.43. The first-order valence-corrected chi connectivity index (χ1v) is 5.15. The van der Waals surface area contributed by atoms with Crippen molar-refractivity contribution in [2.75, 3.05) is 19.7 Å². The van der Waals surface area contributed by atoms with Gasteiger partial charge in [0.15, 0.2) is 0 Å². The van der Waals surface area contributed by atoms with Crippen LogP contribution in [0.25, 0.3) is 0 Å². The van der Waals surface area contributed by atoms with Crippen molar-refractivity contribution in [3.8, 4) is 11.8 Å². The lowest BCUT2D eigenvalue weighted by molar-refractivity contribution is 0.123. The summed E-state index contributed by atoms with van der Waals surface area (Å²) in [5, 5.41) is 3.17. The highest BCUT2D eigenvalue weighted by Crippen LogP contribution is 1.99. The van der Waals surface area contributed by atoms with E-state index in [-0.39, 0.29) is 0 Å². The topological polar surface area (TPSA) is 21.3 Å². The smallest absolute Gasteiger partial charge is 0.0717 e. The van der Waals surface area contributed by atoms with Crippen LogP contribution in [0.5, 0.6) is 0 Å². The molecule has 0 heterocycles. The van der Waals surface area contributed by atoms with Gasteiger partial charge in [-0.3, -0.25) is 0 Å². The normalized spacial score (nSPS) is 9.40. The van der Waals surface area contributed by atoms with E-state index in [4.69, 9.17) is 4.74 Å². The molecule has 0 bridgehead atoms. The Balaban J connectivity index is 1.99. The van der Waals surface area contributed by atoms with Crippen molar-refractivity contribution in [2.24, 2.45) is 0 Å². The Kier molecular flexibility index (Phi) is 6.31. The standard InChI is InChI=1S/C13H17NO/c1-2-3-9-14-10-11-15-12-13-7-5-4-6-8-13/h4-8,14H,9-12H2,1H3. The van der Waals surface area contributed by atoms with Crippen LogP contribution in [0.4, 0.5) is 0 Å². The molecule has 0 aliphatic rings. The molecule has 1 aromatic rings. The quantitative estimate of drug-likeness (QED) is 0.562. The molecule has 80 valence electrons. The summed E-state index contributed by atoms with van der Waals surface area (Å²) in [6, 6.07) is 10.2. The van der Waals surface area contributed by atoms with Crippen LogP contribution in [0.15, 0.2) is 30.3 Å². The summed E-state index contributed by atoms with van der Waals surface area (Å²) in [7, 11) is 0. The number of hydrogen-bond acceptors (Lipinski definition) is 2. The zero-order chi connectivity index (χ0) is 10.8. The van der Waals surface area contributed by atoms with Crippen molar-refractivity contribution in [3.05, 3.63) is 35.9 Å². The molecule has 0 spiro atoms. The van der Waals surface area contributed by atoms with E-state index in [2.05, 4.69) is 29.3 Å². The van der Waals surface area contributed by atoms with E-state index in [9.17, 15) is 0 Å². The molecule has 15 heavy (non-hydrogen) atoms. The van der Waals surface area contributed by atoms with Gasteiger partial charge in [-0.1, -0.05) is 36.3 Å². The molecule has 1 aromatic carbocycles. The predicted molar refractivity (Wildman–Crippen MR) is 62.4 cm³/mol. The van der Waals surface area contributed by atoms with Crippen LogP contribution in [0.1, 0.15) is 12.5 Å². The van der Waals surface area contributed by atoms with Crippen molar-refractivity contribution in [2.45, 2.75) is 13.5 Å². The van der Waals surface area contributed by atoms with Crippen molar-refractivity contribution in [1.29, 1.82) is 0 Å². The number of rotatable bonds is 6. The van der Waals surface area contributed by atoms with Gasteiger partial charge < -0.3 is 10.1 Å². The Hall–Kier alpha value is -1.30.